The molecule has 0 saturated carbocycles. The van der Waals surface area contributed by atoms with E-state index in [1.54, 1.807) is 12.1 Å². The summed E-state index contributed by atoms with van der Waals surface area (Å²) in [5, 5.41) is 77.1. The molecule has 0 aliphatic heterocycles. The van der Waals surface area contributed by atoms with Crippen molar-refractivity contribution in [1.82, 2.24) is 36.1 Å². The molecule has 67 heavy (non-hydrogen) atoms. The number of carboxylic acid groups (broad SMARTS) is 5. The Hall–Kier alpha value is -7.08. The standard InChI is InChI=1S/C43H61N7O17/c51-27-67-37(48-43(66)47-31(42(64)65)12-17-39(58)59)7-3-5-19-44-35(54)6-2-1-4-18-45-36(55)15-9-28-8-13-33(52)29(22-28)23-49(25-40(60)61)20-21-50(26-41(62)63)24-32-34(53)14-10-30(46-32)11-16-38(56)57/h8,10,13-14,22,27,31,37,52-53H,1-7,9,11-12,15-21,23-26H2,(H,44,54)(H,45,55)(H,56,57)(H,58,59)(H,60,61)(H,62,63)(H,64,65)(H2,47,48,66)/t31-,37+/m0/s1. The van der Waals surface area contributed by atoms with E-state index in [1.807, 2.05) is 0 Å². The summed E-state index contributed by atoms with van der Waals surface area (Å²) in [5.41, 5.74) is 1.61. The van der Waals surface area contributed by atoms with Crippen molar-refractivity contribution in [3.63, 3.8) is 0 Å². The van der Waals surface area contributed by atoms with Gasteiger partial charge in [0.2, 0.25) is 11.8 Å². The third-order valence-corrected chi connectivity index (χ3v) is 9.99. The van der Waals surface area contributed by atoms with Gasteiger partial charge in [0.25, 0.3) is 6.47 Å². The predicted octanol–water partition coefficient (Wildman–Crippen LogP) is 0.995. The largest absolute Gasteiger partial charge is 0.508 e. The predicted molar refractivity (Wildman–Crippen MR) is 233 cm³/mol. The summed E-state index contributed by atoms with van der Waals surface area (Å²) in [6.45, 7) is -0.182. The van der Waals surface area contributed by atoms with Crippen LogP contribution in [0.25, 0.3) is 0 Å². The summed E-state index contributed by atoms with van der Waals surface area (Å²) in [6.07, 6.45) is 1.59. The van der Waals surface area contributed by atoms with E-state index >= 15 is 0 Å². The molecular weight excluding hydrogens is 887 g/mol. The van der Waals surface area contributed by atoms with Crippen LogP contribution in [0.1, 0.15) is 93.1 Å². The van der Waals surface area contributed by atoms with E-state index in [2.05, 4.69) is 26.3 Å². The molecule has 24 heteroatoms. The van der Waals surface area contributed by atoms with Crippen molar-refractivity contribution in [2.24, 2.45) is 0 Å². The van der Waals surface area contributed by atoms with Crippen molar-refractivity contribution in [2.75, 3.05) is 39.3 Å². The zero-order chi connectivity index (χ0) is 49.7. The van der Waals surface area contributed by atoms with Crippen molar-refractivity contribution < 1.29 is 83.6 Å². The van der Waals surface area contributed by atoms with Crippen molar-refractivity contribution in [2.45, 2.75) is 109 Å². The zero-order valence-electron chi connectivity index (χ0n) is 37.0. The van der Waals surface area contributed by atoms with Crippen LogP contribution in [0, 0.1) is 0 Å². The summed E-state index contributed by atoms with van der Waals surface area (Å²) in [6, 6.07) is 5.14. The SMILES string of the molecule is O=CO[C@H](CCCCNC(=O)CCCCCNC(=O)CCc1ccc(O)c(CN(CCN(CC(=O)O)Cc2nc(CCC(=O)O)ccc2O)CC(=O)O)c1)NC(=O)N[C@@H](CCC(=O)O)C(=O)O. The number of carbonyl (C=O) groups is 9. The first-order valence-electron chi connectivity index (χ1n) is 21.6. The van der Waals surface area contributed by atoms with Crippen LogP contribution in [0.15, 0.2) is 30.3 Å². The molecule has 0 spiro atoms. The Kier molecular flexibility index (Phi) is 25.9. The van der Waals surface area contributed by atoms with E-state index in [0.717, 1.165) is 0 Å². The number of pyridine rings is 1. The number of hydrogen-bond acceptors (Lipinski definition) is 15. The lowest BCUT2D eigenvalue weighted by Crippen LogP contribution is -2.49. The van der Waals surface area contributed by atoms with Gasteiger partial charge in [0.05, 0.1) is 25.2 Å². The van der Waals surface area contributed by atoms with Crippen LogP contribution in [0.3, 0.4) is 0 Å². The summed E-state index contributed by atoms with van der Waals surface area (Å²) >= 11 is 0. The van der Waals surface area contributed by atoms with Gasteiger partial charge in [-0.15, -0.1) is 0 Å². The van der Waals surface area contributed by atoms with Gasteiger partial charge >= 0.3 is 35.9 Å². The van der Waals surface area contributed by atoms with Gasteiger partial charge in [-0.2, -0.15) is 0 Å². The molecule has 11 N–H and O–H groups in total. The van der Waals surface area contributed by atoms with Crippen molar-refractivity contribution in [3.05, 3.63) is 52.8 Å². The molecule has 2 rings (SSSR count). The van der Waals surface area contributed by atoms with Crippen LogP contribution >= 0.6 is 0 Å². The highest BCUT2D eigenvalue weighted by atomic mass is 16.5. The van der Waals surface area contributed by atoms with Gasteiger partial charge in [-0.05, 0) is 62.3 Å². The number of aromatic hydroxyl groups is 2. The lowest BCUT2D eigenvalue weighted by Gasteiger charge is -2.26. The second kappa shape index (κ2) is 30.9. The monoisotopic (exact) mass is 947 g/mol. The number of rotatable bonds is 36. The van der Waals surface area contributed by atoms with Crippen LogP contribution in [0.5, 0.6) is 11.5 Å². The van der Waals surface area contributed by atoms with E-state index < -0.39 is 67.7 Å². The maximum absolute atomic E-state index is 12.6. The quantitative estimate of drug-likeness (QED) is 0.0258. The number of amides is 4. The number of hydrogen-bond donors (Lipinski definition) is 11. The van der Waals surface area contributed by atoms with Crippen LogP contribution in [-0.2, 0) is 69.0 Å². The van der Waals surface area contributed by atoms with Crippen molar-refractivity contribution >= 4 is 54.2 Å². The topological polar surface area (TPSA) is 372 Å². The highest BCUT2D eigenvalue weighted by Gasteiger charge is 2.23. The molecule has 1 heterocycles. The number of unbranched alkanes of at least 4 members (excludes halogenated alkanes) is 3. The summed E-state index contributed by atoms with van der Waals surface area (Å²) < 4.78 is 4.83. The lowest BCUT2D eigenvalue weighted by atomic mass is 10.0. The smallest absolute Gasteiger partial charge is 0.326 e. The molecule has 370 valence electrons. The molecule has 2 atom stereocenters. The third-order valence-electron chi connectivity index (χ3n) is 9.99. The number of aryl methyl sites for hydroxylation is 2. The molecule has 0 saturated heterocycles. The van der Waals surface area contributed by atoms with E-state index in [1.165, 1.54) is 28.0 Å². The summed E-state index contributed by atoms with van der Waals surface area (Å²) in [5.74, 6) is -6.75. The minimum atomic E-state index is -1.46. The van der Waals surface area contributed by atoms with Gasteiger partial charge in [-0.25, -0.2) is 9.59 Å². The van der Waals surface area contributed by atoms with E-state index in [-0.39, 0.29) is 100 Å². The van der Waals surface area contributed by atoms with Gasteiger partial charge in [-0.1, -0.05) is 18.6 Å². The van der Waals surface area contributed by atoms with E-state index in [9.17, 15) is 68.7 Å². The Balaban J connectivity index is 1.75. The Morgan fingerprint density at radius 3 is 1.87 bits per heavy atom. The molecule has 1 aromatic carbocycles. The third kappa shape index (κ3) is 25.3. The van der Waals surface area contributed by atoms with Gasteiger partial charge < -0.3 is 61.7 Å². The first-order chi connectivity index (χ1) is 31.8. The molecule has 0 radical (unpaired) electrons. The van der Waals surface area contributed by atoms with Crippen LogP contribution in [-0.4, -0.2) is 156 Å². The number of benzene rings is 1. The van der Waals surface area contributed by atoms with Gasteiger partial charge in [0.15, 0.2) is 6.23 Å². The second-order valence-electron chi connectivity index (χ2n) is 15.5. The fourth-order valence-electron chi connectivity index (χ4n) is 6.54. The van der Waals surface area contributed by atoms with Crippen molar-refractivity contribution in [3.8, 4) is 11.5 Å². The van der Waals surface area contributed by atoms with Crippen LogP contribution in [0.4, 0.5) is 4.79 Å². The number of carboxylic acids is 5. The number of aromatic nitrogens is 1. The molecule has 4 amide bonds. The Morgan fingerprint density at radius 1 is 0.642 bits per heavy atom. The van der Waals surface area contributed by atoms with E-state index in [4.69, 9.17) is 14.9 Å². The second-order valence-corrected chi connectivity index (χ2v) is 15.5. The molecule has 2 aromatic rings. The molecule has 0 unspecified atom stereocenters. The van der Waals surface area contributed by atoms with Gasteiger partial charge in [-0.3, -0.25) is 48.3 Å². The Bertz CT molecular complexity index is 1980. The molecule has 0 bridgehead atoms. The molecule has 0 fully saturated rings. The average Bonchev–Trinajstić information content (AvgIpc) is 3.25. The number of ether oxygens (including phenoxy) is 1. The number of carbonyl (C=O) groups excluding carboxylic acids is 4. The summed E-state index contributed by atoms with van der Waals surface area (Å²) in [7, 11) is 0. The fourth-order valence-corrected chi connectivity index (χ4v) is 6.54. The molecule has 0 aliphatic carbocycles. The Labute approximate surface area is 385 Å². The molecular formula is C43H61N7O17. The highest BCUT2D eigenvalue weighted by Crippen LogP contribution is 2.22. The zero-order valence-corrected chi connectivity index (χ0v) is 37.0. The lowest BCUT2D eigenvalue weighted by molar-refractivity contribution is -0.141. The highest BCUT2D eigenvalue weighted by molar-refractivity contribution is 5.83. The number of aliphatic carboxylic acids is 5. The van der Waals surface area contributed by atoms with Gasteiger partial charge in [0, 0.05) is 82.6 Å². The summed E-state index contributed by atoms with van der Waals surface area (Å²) in [4.78, 5) is 112. The van der Waals surface area contributed by atoms with E-state index in [0.29, 0.717) is 68.4 Å². The first-order valence-corrected chi connectivity index (χ1v) is 21.6. The molecule has 24 nitrogen and oxygen atoms in total. The average molecular weight is 948 g/mol. The van der Waals surface area contributed by atoms with Crippen LogP contribution < -0.4 is 21.3 Å². The Morgan fingerprint density at radius 2 is 1.25 bits per heavy atom. The van der Waals surface area contributed by atoms with Crippen molar-refractivity contribution in [1.29, 1.82) is 0 Å². The minimum absolute atomic E-state index is 0.0252. The number of phenolic OH excluding ortho intramolecular Hbond substituents is 1. The number of nitrogens with zero attached hydrogens (tertiary/aromatic N) is 3. The molecule has 0 aliphatic rings. The maximum atomic E-state index is 12.6. The molecule has 1 aromatic heterocycles. The number of nitrogens with one attached hydrogen (secondary N) is 4. The fraction of sp³-hybridized carbons (Fsp3) is 0.535. The number of phenols is 1. The normalized spacial score (nSPS) is 11.9. The number of urea groups is 1. The first kappa shape index (κ1) is 56.1. The van der Waals surface area contributed by atoms with Crippen LogP contribution in [0.2, 0.25) is 0 Å². The maximum Gasteiger partial charge on any atom is 0.326 e. The van der Waals surface area contributed by atoms with Gasteiger partial charge in [0.1, 0.15) is 17.5 Å². The minimum Gasteiger partial charge on any atom is -0.508 e.